The van der Waals surface area contributed by atoms with E-state index in [2.05, 4.69) is 35.2 Å². The minimum absolute atomic E-state index is 0.156. The van der Waals surface area contributed by atoms with Crippen molar-refractivity contribution in [1.82, 2.24) is 4.90 Å². The van der Waals surface area contributed by atoms with Gasteiger partial charge in [-0.05, 0) is 17.7 Å². The lowest BCUT2D eigenvalue weighted by atomic mass is 10.1. The second-order valence-corrected chi connectivity index (χ2v) is 6.08. The van der Waals surface area contributed by atoms with Crippen molar-refractivity contribution < 1.29 is 4.79 Å². The number of carbonyl (C=O) groups is 1. The predicted molar refractivity (Wildman–Crippen MR) is 98.6 cm³/mol. The highest BCUT2D eigenvalue weighted by molar-refractivity contribution is 5.96. The molecule has 124 valence electrons. The number of hydrogen-bond donors (Lipinski definition) is 0. The van der Waals surface area contributed by atoms with Crippen molar-refractivity contribution in [2.75, 3.05) is 18.0 Å². The number of para-hydroxylation sites is 1. The quantitative estimate of drug-likeness (QED) is 0.823. The van der Waals surface area contributed by atoms with E-state index in [4.69, 9.17) is 0 Å². The minimum atomic E-state index is 0.156. The first-order valence-corrected chi connectivity index (χ1v) is 8.61. The van der Waals surface area contributed by atoms with Crippen LogP contribution in [0.3, 0.4) is 0 Å². The second kappa shape index (κ2) is 7.93. The van der Waals surface area contributed by atoms with Gasteiger partial charge in [0.1, 0.15) is 0 Å². The molecule has 3 nitrogen and oxygen atoms in total. The van der Waals surface area contributed by atoms with Gasteiger partial charge < -0.3 is 0 Å². The molecule has 0 saturated carbocycles. The van der Waals surface area contributed by atoms with Gasteiger partial charge in [0.25, 0.3) is 0 Å². The highest BCUT2D eigenvalue weighted by Gasteiger charge is 2.22. The third-order valence-electron chi connectivity index (χ3n) is 4.37. The first-order valence-electron chi connectivity index (χ1n) is 8.61. The molecule has 1 heterocycles. The molecule has 0 bridgehead atoms. The minimum Gasteiger partial charge on any atom is -0.295 e. The van der Waals surface area contributed by atoms with Gasteiger partial charge in [-0.2, -0.15) is 0 Å². The van der Waals surface area contributed by atoms with Gasteiger partial charge in [0.15, 0.2) is 0 Å². The standard InChI is InChI=1S/C21H24N2O/c1-2-21(24)23(19-11-7-4-8-12-19)20-13-15-22(16-14-20)17-18-9-5-3-6-10-18/h3-13H,2,14-17H2,1H3. The third kappa shape index (κ3) is 3.92. The highest BCUT2D eigenvalue weighted by Crippen LogP contribution is 2.25. The van der Waals surface area contributed by atoms with Crippen LogP contribution in [-0.2, 0) is 11.3 Å². The van der Waals surface area contributed by atoms with Crippen LogP contribution < -0.4 is 4.90 Å². The monoisotopic (exact) mass is 320 g/mol. The molecular weight excluding hydrogens is 296 g/mol. The fourth-order valence-corrected chi connectivity index (χ4v) is 3.09. The molecular formula is C21H24N2O. The Kier molecular flexibility index (Phi) is 5.44. The molecule has 24 heavy (non-hydrogen) atoms. The summed E-state index contributed by atoms with van der Waals surface area (Å²) in [4.78, 5) is 16.8. The molecule has 2 aromatic rings. The van der Waals surface area contributed by atoms with Crippen LogP contribution in [0, 0.1) is 0 Å². The lowest BCUT2D eigenvalue weighted by Gasteiger charge is -2.32. The molecule has 1 aliphatic heterocycles. The largest absolute Gasteiger partial charge is 0.295 e. The summed E-state index contributed by atoms with van der Waals surface area (Å²) >= 11 is 0. The van der Waals surface area contributed by atoms with Gasteiger partial charge in [0, 0.05) is 43.9 Å². The maximum Gasteiger partial charge on any atom is 0.230 e. The van der Waals surface area contributed by atoms with Crippen LogP contribution in [0.5, 0.6) is 0 Å². The molecule has 1 amide bonds. The van der Waals surface area contributed by atoms with E-state index in [1.54, 1.807) is 0 Å². The molecule has 0 fully saturated rings. The van der Waals surface area contributed by atoms with E-state index in [1.807, 2.05) is 48.2 Å². The molecule has 3 rings (SSSR count). The Morgan fingerprint density at radius 2 is 1.71 bits per heavy atom. The number of rotatable bonds is 5. The Balaban J connectivity index is 1.73. The van der Waals surface area contributed by atoms with E-state index >= 15 is 0 Å². The smallest absolute Gasteiger partial charge is 0.230 e. The van der Waals surface area contributed by atoms with Crippen LogP contribution in [0.1, 0.15) is 25.3 Å². The molecule has 3 heteroatoms. The Bertz CT molecular complexity index is 694. The highest BCUT2D eigenvalue weighted by atomic mass is 16.2. The maximum absolute atomic E-state index is 12.5. The zero-order valence-corrected chi connectivity index (χ0v) is 14.2. The fraction of sp³-hybridized carbons (Fsp3) is 0.286. The van der Waals surface area contributed by atoms with Gasteiger partial charge in [-0.1, -0.05) is 61.5 Å². The van der Waals surface area contributed by atoms with Crippen molar-refractivity contribution in [2.24, 2.45) is 0 Å². The number of nitrogens with zero attached hydrogens (tertiary/aromatic N) is 2. The number of hydrogen-bond acceptors (Lipinski definition) is 2. The average molecular weight is 320 g/mol. The maximum atomic E-state index is 12.5. The molecule has 0 N–H and O–H groups in total. The second-order valence-electron chi connectivity index (χ2n) is 6.08. The summed E-state index contributed by atoms with van der Waals surface area (Å²) in [6, 6.07) is 20.5. The molecule has 1 aliphatic rings. The summed E-state index contributed by atoms with van der Waals surface area (Å²) in [7, 11) is 0. The number of anilines is 1. The summed E-state index contributed by atoms with van der Waals surface area (Å²) < 4.78 is 0. The molecule has 0 radical (unpaired) electrons. The lowest BCUT2D eigenvalue weighted by molar-refractivity contribution is -0.117. The Morgan fingerprint density at radius 3 is 2.29 bits per heavy atom. The van der Waals surface area contributed by atoms with Crippen molar-refractivity contribution >= 4 is 11.6 Å². The zero-order chi connectivity index (χ0) is 16.8. The van der Waals surface area contributed by atoms with E-state index in [1.165, 1.54) is 5.56 Å². The van der Waals surface area contributed by atoms with Crippen LogP contribution in [0.15, 0.2) is 72.4 Å². The first-order chi connectivity index (χ1) is 11.8. The Hall–Kier alpha value is -2.39. The molecule has 0 aromatic heterocycles. The van der Waals surface area contributed by atoms with Crippen molar-refractivity contribution in [3.63, 3.8) is 0 Å². The van der Waals surface area contributed by atoms with Gasteiger partial charge in [0.2, 0.25) is 5.91 Å². The van der Waals surface area contributed by atoms with Crippen molar-refractivity contribution in [3.05, 3.63) is 78.0 Å². The van der Waals surface area contributed by atoms with Crippen LogP contribution in [-0.4, -0.2) is 23.9 Å². The van der Waals surface area contributed by atoms with E-state index in [9.17, 15) is 4.79 Å². The van der Waals surface area contributed by atoms with E-state index in [0.717, 1.165) is 37.4 Å². The summed E-state index contributed by atoms with van der Waals surface area (Å²) in [6.45, 7) is 4.73. The number of carbonyl (C=O) groups excluding carboxylic acids is 1. The first kappa shape index (κ1) is 16.5. The molecule has 0 spiro atoms. The Morgan fingerprint density at radius 1 is 1.04 bits per heavy atom. The van der Waals surface area contributed by atoms with Crippen LogP contribution in [0.25, 0.3) is 0 Å². The zero-order valence-electron chi connectivity index (χ0n) is 14.2. The van der Waals surface area contributed by atoms with Crippen molar-refractivity contribution in [2.45, 2.75) is 26.3 Å². The molecule has 2 aromatic carbocycles. The predicted octanol–water partition coefficient (Wildman–Crippen LogP) is 4.22. The van der Waals surface area contributed by atoms with Gasteiger partial charge >= 0.3 is 0 Å². The number of benzene rings is 2. The van der Waals surface area contributed by atoms with E-state index in [0.29, 0.717) is 6.42 Å². The van der Waals surface area contributed by atoms with Crippen LogP contribution >= 0.6 is 0 Å². The van der Waals surface area contributed by atoms with Gasteiger partial charge in [-0.25, -0.2) is 0 Å². The van der Waals surface area contributed by atoms with Gasteiger partial charge in [-0.15, -0.1) is 0 Å². The molecule has 0 atom stereocenters. The lowest BCUT2D eigenvalue weighted by Crippen LogP contribution is -2.36. The molecule has 0 saturated heterocycles. The third-order valence-corrected chi connectivity index (χ3v) is 4.37. The summed E-state index contributed by atoms with van der Waals surface area (Å²) in [5.74, 6) is 0.156. The topological polar surface area (TPSA) is 23.6 Å². The molecule has 0 unspecified atom stereocenters. The van der Waals surface area contributed by atoms with E-state index < -0.39 is 0 Å². The fourth-order valence-electron chi connectivity index (χ4n) is 3.09. The van der Waals surface area contributed by atoms with E-state index in [-0.39, 0.29) is 5.91 Å². The van der Waals surface area contributed by atoms with Crippen molar-refractivity contribution in [3.8, 4) is 0 Å². The number of amides is 1. The van der Waals surface area contributed by atoms with Gasteiger partial charge in [-0.3, -0.25) is 14.6 Å². The van der Waals surface area contributed by atoms with Crippen LogP contribution in [0.2, 0.25) is 0 Å². The normalized spacial score (nSPS) is 15.0. The Labute approximate surface area is 144 Å². The summed E-state index contributed by atoms with van der Waals surface area (Å²) in [5, 5.41) is 0. The van der Waals surface area contributed by atoms with Crippen molar-refractivity contribution in [1.29, 1.82) is 0 Å². The van der Waals surface area contributed by atoms with Gasteiger partial charge in [0.05, 0.1) is 0 Å². The van der Waals surface area contributed by atoms with Crippen LogP contribution in [0.4, 0.5) is 5.69 Å². The summed E-state index contributed by atoms with van der Waals surface area (Å²) in [5.41, 5.74) is 3.42. The molecule has 0 aliphatic carbocycles. The summed E-state index contributed by atoms with van der Waals surface area (Å²) in [6.07, 6.45) is 3.61. The average Bonchev–Trinajstić information content (AvgIpc) is 2.65. The SMILES string of the molecule is CCC(=O)N(C1=CCN(Cc2ccccc2)CC1)c1ccccc1.